The van der Waals surface area contributed by atoms with Gasteiger partial charge in [-0.3, -0.25) is 9.59 Å². The summed E-state index contributed by atoms with van der Waals surface area (Å²) in [6.07, 6.45) is 0. The van der Waals surface area contributed by atoms with Crippen molar-refractivity contribution in [2.75, 3.05) is 26.0 Å². The standard InChI is InChI=1S/C20H24N2O3/c1-14(2)15-5-7-16(8-6-15)20(24)22(3)13-19(23)21-17-9-11-18(25-4)12-10-17/h5-12,14H,13H2,1-4H3,(H,21,23). The van der Waals surface area contributed by atoms with Crippen LogP contribution in [0, 0.1) is 0 Å². The van der Waals surface area contributed by atoms with Crippen molar-refractivity contribution in [1.82, 2.24) is 4.90 Å². The SMILES string of the molecule is COc1ccc(NC(=O)CN(C)C(=O)c2ccc(C(C)C)cc2)cc1. The van der Waals surface area contributed by atoms with Gasteiger partial charge in [0.05, 0.1) is 13.7 Å². The third-order valence-electron chi connectivity index (χ3n) is 3.93. The Labute approximate surface area is 148 Å². The van der Waals surface area contributed by atoms with E-state index in [9.17, 15) is 9.59 Å². The lowest BCUT2D eigenvalue weighted by Crippen LogP contribution is -2.34. The van der Waals surface area contributed by atoms with Gasteiger partial charge in [-0.2, -0.15) is 0 Å². The number of ether oxygens (including phenoxy) is 1. The normalized spacial score (nSPS) is 10.4. The number of hydrogen-bond donors (Lipinski definition) is 1. The van der Waals surface area contributed by atoms with Crippen LogP contribution in [0.15, 0.2) is 48.5 Å². The predicted molar refractivity (Wildman–Crippen MR) is 99.1 cm³/mol. The summed E-state index contributed by atoms with van der Waals surface area (Å²) in [6.45, 7) is 4.19. The van der Waals surface area contributed by atoms with E-state index in [0.717, 1.165) is 5.75 Å². The number of likely N-dealkylation sites (N-methyl/N-ethyl adjacent to an activating group) is 1. The molecule has 0 heterocycles. The van der Waals surface area contributed by atoms with Gasteiger partial charge in [0.15, 0.2) is 0 Å². The lowest BCUT2D eigenvalue weighted by Gasteiger charge is -2.17. The third kappa shape index (κ3) is 5.08. The molecular formula is C20H24N2O3. The smallest absolute Gasteiger partial charge is 0.254 e. The first kappa shape index (κ1) is 18.5. The van der Waals surface area contributed by atoms with Gasteiger partial charge in [-0.1, -0.05) is 26.0 Å². The van der Waals surface area contributed by atoms with Gasteiger partial charge in [-0.15, -0.1) is 0 Å². The van der Waals surface area contributed by atoms with Gasteiger partial charge < -0.3 is 15.0 Å². The Morgan fingerprint density at radius 3 is 2.16 bits per heavy atom. The van der Waals surface area contributed by atoms with Crippen LogP contribution in [0.25, 0.3) is 0 Å². The number of anilines is 1. The molecule has 2 amide bonds. The van der Waals surface area contributed by atoms with Crippen molar-refractivity contribution in [2.24, 2.45) is 0 Å². The molecule has 0 aliphatic rings. The molecule has 2 aromatic carbocycles. The van der Waals surface area contributed by atoms with Gasteiger partial charge in [0.1, 0.15) is 5.75 Å². The van der Waals surface area contributed by atoms with Crippen molar-refractivity contribution in [3.8, 4) is 5.75 Å². The topological polar surface area (TPSA) is 58.6 Å². The van der Waals surface area contributed by atoms with E-state index < -0.39 is 0 Å². The Morgan fingerprint density at radius 2 is 1.64 bits per heavy atom. The lowest BCUT2D eigenvalue weighted by atomic mass is 10.0. The minimum absolute atomic E-state index is 0.0171. The summed E-state index contributed by atoms with van der Waals surface area (Å²) in [7, 11) is 3.20. The van der Waals surface area contributed by atoms with E-state index in [-0.39, 0.29) is 18.4 Å². The molecule has 1 N–H and O–H groups in total. The molecule has 0 aliphatic heterocycles. The van der Waals surface area contributed by atoms with E-state index in [1.165, 1.54) is 10.5 Å². The van der Waals surface area contributed by atoms with E-state index in [2.05, 4.69) is 19.2 Å². The van der Waals surface area contributed by atoms with Crippen molar-refractivity contribution >= 4 is 17.5 Å². The van der Waals surface area contributed by atoms with E-state index in [0.29, 0.717) is 17.2 Å². The molecule has 132 valence electrons. The number of nitrogens with zero attached hydrogens (tertiary/aromatic N) is 1. The molecule has 0 unspecified atom stereocenters. The Hall–Kier alpha value is -2.82. The quantitative estimate of drug-likeness (QED) is 0.875. The van der Waals surface area contributed by atoms with Crippen LogP contribution in [-0.2, 0) is 4.79 Å². The van der Waals surface area contributed by atoms with Crippen molar-refractivity contribution in [1.29, 1.82) is 0 Å². The van der Waals surface area contributed by atoms with Crippen LogP contribution in [-0.4, -0.2) is 37.4 Å². The van der Waals surface area contributed by atoms with Gasteiger partial charge in [0.2, 0.25) is 5.91 Å². The number of amides is 2. The molecule has 25 heavy (non-hydrogen) atoms. The first-order valence-electron chi connectivity index (χ1n) is 8.20. The van der Waals surface area contributed by atoms with Crippen LogP contribution >= 0.6 is 0 Å². The molecule has 5 heteroatoms. The zero-order valence-corrected chi connectivity index (χ0v) is 15.1. The lowest BCUT2D eigenvalue weighted by molar-refractivity contribution is -0.116. The molecule has 0 radical (unpaired) electrons. The number of rotatable bonds is 6. The van der Waals surface area contributed by atoms with Crippen LogP contribution in [0.1, 0.15) is 35.7 Å². The number of benzene rings is 2. The fourth-order valence-corrected chi connectivity index (χ4v) is 2.39. The summed E-state index contributed by atoms with van der Waals surface area (Å²) in [6, 6.07) is 14.5. The number of methoxy groups -OCH3 is 1. The number of hydrogen-bond acceptors (Lipinski definition) is 3. The summed E-state index contributed by atoms with van der Waals surface area (Å²) >= 11 is 0. The fourth-order valence-electron chi connectivity index (χ4n) is 2.39. The van der Waals surface area contributed by atoms with Crippen molar-refractivity contribution < 1.29 is 14.3 Å². The first-order chi connectivity index (χ1) is 11.9. The van der Waals surface area contributed by atoms with Crippen LogP contribution in [0.2, 0.25) is 0 Å². The highest BCUT2D eigenvalue weighted by atomic mass is 16.5. The minimum Gasteiger partial charge on any atom is -0.497 e. The maximum atomic E-state index is 12.4. The van der Waals surface area contributed by atoms with Gasteiger partial charge in [-0.25, -0.2) is 0 Å². The zero-order chi connectivity index (χ0) is 18.4. The molecule has 0 aromatic heterocycles. The summed E-state index contributed by atoms with van der Waals surface area (Å²) in [4.78, 5) is 26.0. The number of nitrogens with one attached hydrogen (secondary N) is 1. The molecule has 0 atom stereocenters. The molecule has 0 fully saturated rings. The first-order valence-corrected chi connectivity index (χ1v) is 8.20. The molecule has 0 saturated heterocycles. The van der Waals surface area contributed by atoms with E-state index in [1.54, 1.807) is 50.6 Å². The largest absolute Gasteiger partial charge is 0.497 e. The minimum atomic E-state index is -0.250. The molecule has 2 aromatic rings. The van der Waals surface area contributed by atoms with Crippen molar-refractivity contribution in [3.63, 3.8) is 0 Å². The molecule has 0 spiro atoms. The summed E-state index contributed by atoms with van der Waals surface area (Å²) < 4.78 is 5.08. The molecular weight excluding hydrogens is 316 g/mol. The molecule has 5 nitrogen and oxygen atoms in total. The number of carbonyl (C=O) groups is 2. The third-order valence-corrected chi connectivity index (χ3v) is 3.93. The van der Waals surface area contributed by atoms with Gasteiger partial charge in [0.25, 0.3) is 5.91 Å². The molecule has 0 bridgehead atoms. The average Bonchev–Trinajstić information content (AvgIpc) is 2.61. The van der Waals surface area contributed by atoms with Crippen LogP contribution in [0.4, 0.5) is 5.69 Å². The fraction of sp³-hybridized carbons (Fsp3) is 0.300. The average molecular weight is 340 g/mol. The maximum absolute atomic E-state index is 12.4. The van der Waals surface area contributed by atoms with Crippen LogP contribution in [0.3, 0.4) is 0 Å². The van der Waals surface area contributed by atoms with Crippen molar-refractivity contribution in [3.05, 3.63) is 59.7 Å². The van der Waals surface area contributed by atoms with E-state index in [4.69, 9.17) is 4.74 Å². The maximum Gasteiger partial charge on any atom is 0.254 e. The van der Waals surface area contributed by atoms with Gasteiger partial charge >= 0.3 is 0 Å². The second-order valence-corrected chi connectivity index (χ2v) is 6.21. The summed E-state index contributed by atoms with van der Waals surface area (Å²) in [5, 5.41) is 2.77. The van der Waals surface area contributed by atoms with Crippen molar-refractivity contribution in [2.45, 2.75) is 19.8 Å². The second-order valence-electron chi connectivity index (χ2n) is 6.21. The highest BCUT2D eigenvalue weighted by Gasteiger charge is 2.15. The molecule has 0 saturated carbocycles. The Kier molecular flexibility index (Phi) is 6.17. The van der Waals surface area contributed by atoms with E-state index in [1.807, 2.05) is 12.1 Å². The molecule has 2 rings (SSSR count). The summed E-state index contributed by atoms with van der Waals surface area (Å²) in [5.74, 6) is 0.701. The Morgan fingerprint density at radius 1 is 1.04 bits per heavy atom. The van der Waals surface area contributed by atoms with Gasteiger partial charge in [-0.05, 0) is 47.9 Å². The van der Waals surface area contributed by atoms with Gasteiger partial charge in [0, 0.05) is 18.3 Å². The highest BCUT2D eigenvalue weighted by molar-refractivity contribution is 5.99. The predicted octanol–water partition coefficient (Wildman–Crippen LogP) is 3.53. The highest BCUT2D eigenvalue weighted by Crippen LogP contribution is 2.16. The molecule has 0 aliphatic carbocycles. The van der Waals surface area contributed by atoms with E-state index >= 15 is 0 Å². The van der Waals surface area contributed by atoms with Crippen LogP contribution in [0.5, 0.6) is 5.75 Å². The Balaban J connectivity index is 1.94. The monoisotopic (exact) mass is 340 g/mol. The number of carbonyl (C=O) groups excluding carboxylic acids is 2. The van der Waals surface area contributed by atoms with Crippen LogP contribution < -0.4 is 10.1 Å². The second kappa shape index (κ2) is 8.33. The zero-order valence-electron chi connectivity index (χ0n) is 15.1. The summed E-state index contributed by atoms with van der Waals surface area (Å²) in [5.41, 5.74) is 2.41. The Bertz CT molecular complexity index is 722.